The minimum Gasteiger partial charge on any atom is -0.497 e. The first-order chi connectivity index (χ1) is 22.3. The second-order valence-electron chi connectivity index (χ2n) is 11.1. The molecule has 1 saturated heterocycles. The number of ether oxygens (including phenoxy) is 4. The molecule has 5 aromatic rings. The third-order valence-corrected chi connectivity index (χ3v) is 8.00. The van der Waals surface area contributed by atoms with Crippen LogP contribution in [0.2, 0.25) is 0 Å². The lowest BCUT2D eigenvalue weighted by Gasteiger charge is -2.37. The molecule has 0 spiro atoms. The van der Waals surface area contributed by atoms with Crippen molar-refractivity contribution >= 4 is 23.3 Å². The number of methoxy groups -OCH3 is 2. The average molecular weight is 625 g/mol. The number of aromatic nitrogens is 4. The number of nitrogens with zero attached hydrogens (tertiary/aromatic N) is 6. The van der Waals surface area contributed by atoms with Crippen LogP contribution in [0.5, 0.6) is 11.5 Å². The van der Waals surface area contributed by atoms with Gasteiger partial charge in [-0.2, -0.15) is 0 Å². The molecule has 0 aliphatic carbocycles. The molecule has 12 nitrogen and oxygen atoms in total. The van der Waals surface area contributed by atoms with Gasteiger partial charge >= 0.3 is 0 Å². The average Bonchev–Trinajstić information content (AvgIpc) is 3.65. The molecule has 0 saturated carbocycles. The zero-order valence-electron chi connectivity index (χ0n) is 26.0. The van der Waals surface area contributed by atoms with Gasteiger partial charge in [-0.25, -0.2) is 19.9 Å². The zero-order valence-corrected chi connectivity index (χ0v) is 26.0. The first kappa shape index (κ1) is 31.1. The van der Waals surface area contributed by atoms with Crippen LogP contribution in [0.4, 0.5) is 5.82 Å². The van der Waals surface area contributed by atoms with Crippen molar-refractivity contribution in [3.8, 4) is 11.5 Å². The number of fused-ring (bicyclic) bond motifs is 1. The Balaban J connectivity index is 1.36. The van der Waals surface area contributed by atoms with Gasteiger partial charge in [0.05, 0.1) is 33.5 Å². The molecule has 0 radical (unpaired) electrons. The van der Waals surface area contributed by atoms with E-state index in [1.165, 1.54) is 12.7 Å². The van der Waals surface area contributed by atoms with Crippen LogP contribution < -0.4 is 9.47 Å². The Morgan fingerprint density at radius 3 is 2.04 bits per heavy atom. The first-order valence-corrected chi connectivity index (χ1v) is 14.7. The summed E-state index contributed by atoms with van der Waals surface area (Å²) in [4.78, 5) is 19.2. The summed E-state index contributed by atoms with van der Waals surface area (Å²) in [7, 11) is 6.94. The highest BCUT2D eigenvalue weighted by Crippen LogP contribution is 2.43. The summed E-state index contributed by atoms with van der Waals surface area (Å²) in [5, 5.41) is 22.5. The number of hydrogen-bond donors (Lipinski definition) is 2. The van der Waals surface area contributed by atoms with E-state index in [-0.39, 0.29) is 6.61 Å². The van der Waals surface area contributed by atoms with Crippen molar-refractivity contribution in [3.05, 3.63) is 108 Å². The molecule has 2 N–H and O–H groups in total. The lowest BCUT2D eigenvalue weighted by molar-refractivity contribution is -0.0942. The Morgan fingerprint density at radius 2 is 1.46 bits per heavy atom. The lowest BCUT2D eigenvalue weighted by Crippen LogP contribution is -2.39. The maximum atomic E-state index is 11.3. The van der Waals surface area contributed by atoms with Gasteiger partial charge in [0.15, 0.2) is 23.2 Å². The van der Waals surface area contributed by atoms with Gasteiger partial charge in [0, 0.05) is 14.1 Å². The summed E-state index contributed by atoms with van der Waals surface area (Å²) in [6.07, 6.45) is 0.0505. The number of aliphatic imine (C=N–C) groups is 1. The van der Waals surface area contributed by atoms with E-state index >= 15 is 0 Å². The van der Waals surface area contributed by atoms with E-state index in [4.69, 9.17) is 18.9 Å². The Kier molecular flexibility index (Phi) is 8.95. The quantitative estimate of drug-likeness (QED) is 0.127. The van der Waals surface area contributed by atoms with Crippen molar-refractivity contribution in [2.75, 3.05) is 34.9 Å². The zero-order chi connectivity index (χ0) is 32.3. The summed E-state index contributed by atoms with van der Waals surface area (Å²) in [6, 6.07) is 25.1. The van der Waals surface area contributed by atoms with Crippen molar-refractivity contribution in [2.45, 2.75) is 30.1 Å². The van der Waals surface area contributed by atoms with E-state index in [0.717, 1.165) is 16.7 Å². The number of aliphatic hydroxyl groups is 2. The number of imidazole rings is 1. The Hall–Kier alpha value is -4.88. The lowest BCUT2D eigenvalue weighted by atomic mass is 9.80. The molecule has 1 aliphatic heterocycles. The summed E-state index contributed by atoms with van der Waals surface area (Å²) in [5.41, 5.74) is 2.24. The number of aliphatic hydroxyl groups excluding tert-OH is 2. The molecule has 4 atom stereocenters. The molecule has 6 rings (SSSR count). The van der Waals surface area contributed by atoms with Crippen LogP contribution in [0.15, 0.2) is 96.5 Å². The van der Waals surface area contributed by atoms with Gasteiger partial charge in [0.1, 0.15) is 41.7 Å². The van der Waals surface area contributed by atoms with Crippen molar-refractivity contribution in [1.29, 1.82) is 0 Å². The van der Waals surface area contributed by atoms with E-state index in [2.05, 4.69) is 19.9 Å². The fourth-order valence-electron chi connectivity index (χ4n) is 5.67. The predicted molar refractivity (Wildman–Crippen MR) is 171 cm³/mol. The minimum atomic E-state index is -1.29. The molecule has 46 heavy (non-hydrogen) atoms. The Morgan fingerprint density at radius 1 is 0.848 bits per heavy atom. The van der Waals surface area contributed by atoms with E-state index in [1.807, 2.05) is 93.0 Å². The van der Waals surface area contributed by atoms with Crippen molar-refractivity contribution in [2.24, 2.45) is 4.99 Å². The maximum absolute atomic E-state index is 11.3. The predicted octanol–water partition coefficient (Wildman–Crippen LogP) is 3.69. The summed E-state index contributed by atoms with van der Waals surface area (Å²) in [6.45, 7) is -0.0678. The fourth-order valence-corrected chi connectivity index (χ4v) is 5.67. The standard InChI is InChI=1S/C34H36N6O6/c1-39(2)20-38-31-28-32(36-19-35-31)40(21-37-28)33-30(42)29(41)27(46-33)18-45-34(22-8-6-5-7-9-22,23-10-14-25(43-3)15-11-23)24-12-16-26(44-4)17-13-24/h5-17,19-21,27,29-30,33,41-42H,18H2,1-4H3/t27-,29-,30-,33-/m1/s1. The van der Waals surface area contributed by atoms with E-state index in [0.29, 0.717) is 28.5 Å². The second-order valence-corrected chi connectivity index (χ2v) is 11.1. The van der Waals surface area contributed by atoms with Gasteiger partial charge in [-0.05, 0) is 41.0 Å². The van der Waals surface area contributed by atoms with Crippen LogP contribution in [-0.4, -0.2) is 94.2 Å². The second kappa shape index (κ2) is 13.2. The van der Waals surface area contributed by atoms with Crippen molar-refractivity contribution in [1.82, 2.24) is 24.4 Å². The molecule has 0 amide bonds. The van der Waals surface area contributed by atoms with E-state index < -0.39 is 30.1 Å². The number of hydrogen-bond acceptors (Lipinski definition) is 10. The highest BCUT2D eigenvalue weighted by atomic mass is 16.6. The summed E-state index contributed by atoms with van der Waals surface area (Å²) >= 11 is 0. The topological polar surface area (TPSA) is 137 Å². The molecule has 238 valence electrons. The molecule has 1 fully saturated rings. The van der Waals surface area contributed by atoms with Gasteiger partial charge in [0.25, 0.3) is 0 Å². The highest BCUT2D eigenvalue weighted by Gasteiger charge is 2.47. The van der Waals surface area contributed by atoms with Gasteiger partial charge in [-0.15, -0.1) is 0 Å². The molecule has 12 heteroatoms. The van der Waals surface area contributed by atoms with E-state index in [9.17, 15) is 10.2 Å². The molecule has 2 aromatic heterocycles. The third kappa shape index (κ3) is 5.79. The van der Waals surface area contributed by atoms with Gasteiger partial charge in [-0.1, -0.05) is 54.6 Å². The molecule has 1 aliphatic rings. The molecule has 3 heterocycles. The van der Waals surface area contributed by atoms with E-state index in [1.54, 1.807) is 30.0 Å². The summed E-state index contributed by atoms with van der Waals surface area (Å²) < 4.78 is 25.7. The van der Waals surface area contributed by atoms with Crippen LogP contribution in [0.1, 0.15) is 22.9 Å². The molecule has 0 unspecified atom stereocenters. The molecular weight excluding hydrogens is 588 g/mol. The minimum absolute atomic E-state index is 0.0678. The molecule has 0 bridgehead atoms. The normalized spacial score (nSPS) is 20.0. The van der Waals surface area contributed by atoms with Gasteiger partial charge < -0.3 is 34.1 Å². The van der Waals surface area contributed by atoms with Crippen LogP contribution in [0.3, 0.4) is 0 Å². The summed E-state index contributed by atoms with van der Waals surface area (Å²) in [5.74, 6) is 1.78. The first-order valence-electron chi connectivity index (χ1n) is 14.7. The van der Waals surface area contributed by atoms with Gasteiger partial charge in [0.2, 0.25) is 0 Å². The highest BCUT2D eigenvalue weighted by molar-refractivity contribution is 5.83. The van der Waals surface area contributed by atoms with Crippen molar-refractivity contribution in [3.63, 3.8) is 0 Å². The largest absolute Gasteiger partial charge is 0.497 e. The van der Waals surface area contributed by atoms with Crippen molar-refractivity contribution < 1.29 is 29.2 Å². The maximum Gasteiger partial charge on any atom is 0.184 e. The Bertz CT molecular complexity index is 1730. The molecule has 3 aromatic carbocycles. The number of rotatable bonds is 11. The van der Waals surface area contributed by atoms with Crippen LogP contribution in [0.25, 0.3) is 11.2 Å². The smallest absolute Gasteiger partial charge is 0.184 e. The Labute approximate surface area is 266 Å². The fraction of sp³-hybridized carbons (Fsp3) is 0.294. The van der Waals surface area contributed by atoms with Crippen LogP contribution in [0, 0.1) is 0 Å². The monoisotopic (exact) mass is 624 g/mol. The van der Waals surface area contributed by atoms with Gasteiger partial charge in [-0.3, -0.25) is 4.57 Å². The third-order valence-electron chi connectivity index (χ3n) is 8.00. The number of benzene rings is 3. The molecular formula is C34H36N6O6. The van der Waals surface area contributed by atoms with Crippen LogP contribution in [-0.2, 0) is 15.1 Å². The van der Waals surface area contributed by atoms with Crippen LogP contribution >= 0.6 is 0 Å². The SMILES string of the molecule is COc1ccc(C(OC[C@H]2O[C@@H](n3cnc4c(N=CN(C)C)ncnc43)[C@H](O)[C@@H]2O)(c2ccccc2)c2ccc(OC)cc2)cc1.